The number of likely N-dealkylation sites (tertiary alicyclic amines) is 2. The molecule has 4 aromatic rings. The van der Waals surface area contributed by atoms with Crippen LogP contribution in [0.25, 0.3) is 32.9 Å². The molecule has 0 radical (unpaired) electrons. The first-order chi connectivity index (χ1) is 21.7. The minimum Gasteiger partial charge on any atom is -0.337 e. The van der Waals surface area contributed by atoms with Gasteiger partial charge in [-0.3, -0.25) is 4.98 Å². The van der Waals surface area contributed by atoms with Crippen molar-refractivity contribution < 1.29 is 18.0 Å². The number of nitriles is 1. The molecule has 6 heterocycles. The van der Waals surface area contributed by atoms with Crippen molar-refractivity contribution in [3.63, 3.8) is 0 Å². The first kappa shape index (κ1) is 28.9. The van der Waals surface area contributed by atoms with Gasteiger partial charge in [0.25, 0.3) is 5.92 Å². The van der Waals surface area contributed by atoms with Crippen molar-refractivity contribution >= 4 is 51.0 Å². The highest BCUT2D eigenvalue weighted by molar-refractivity contribution is 6.43. The van der Waals surface area contributed by atoms with Gasteiger partial charge >= 0.3 is 6.03 Å². The molecule has 4 atom stereocenters. The van der Waals surface area contributed by atoms with E-state index in [1.807, 2.05) is 6.07 Å². The molecule has 2 aromatic carbocycles. The minimum absolute atomic E-state index is 0.0694. The summed E-state index contributed by atoms with van der Waals surface area (Å²) in [7, 11) is 0. The maximum atomic E-state index is 16.4. The van der Waals surface area contributed by atoms with Gasteiger partial charge in [-0.1, -0.05) is 41.4 Å². The Bertz CT molecular complexity index is 1920. The van der Waals surface area contributed by atoms with Crippen molar-refractivity contribution in [2.75, 3.05) is 26.2 Å². The van der Waals surface area contributed by atoms with Crippen molar-refractivity contribution in [3.05, 3.63) is 63.6 Å². The van der Waals surface area contributed by atoms with E-state index in [9.17, 15) is 18.8 Å². The summed E-state index contributed by atoms with van der Waals surface area (Å²) in [5.74, 6) is -3.03. The summed E-state index contributed by atoms with van der Waals surface area (Å²) in [6, 6.07) is 10.4. The largest absolute Gasteiger partial charge is 0.337 e. The van der Waals surface area contributed by atoms with Gasteiger partial charge in [0.05, 0.1) is 46.8 Å². The lowest BCUT2D eigenvalue weighted by molar-refractivity contribution is -0.114. The number of carbonyl (C=O) groups is 1. The number of aromatic nitrogens is 2. The number of alkyl halides is 2. The Labute approximate surface area is 267 Å². The molecular weight excluding hydrogens is 624 g/mol. The van der Waals surface area contributed by atoms with Crippen LogP contribution in [0.5, 0.6) is 0 Å². The van der Waals surface area contributed by atoms with Gasteiger partial charge in [0.15, 0.2) is 5.82 Å². The number of urea groups is 1. The van der Waals surface area contributed by atoms with E-state index < -0.39 is 30.9 Å². The molecule has 232 valence electrons. The number of amides is 2. The van der Waals surface area contributed by atoms with Crippen molar-refractivity contribution in [1.82, 2.24) is 24.7 Å². The Balaban J connectivity index is 1.35. The smallest absolute Gasteiger partial charge is 0.320 e. The van der Waals surface area contributed by atoms with Crippen LogP contribution in [0, 0.1) is 23.1 Å². The Hall–Kier alpha value is -3.52. The van der Waals surface area contributed by atoms with Gasteiger partial charge in [-0.15, -0.1) is 0 Å². The third kappa shape index (κ3) is 4.34. The summed E-state index contributed by atoms with van der Waals surface area (Å²) in [5.41, 5.74) is 3.59. The molecule has 2 amide bonds. The average Bonchev–Trinajstić information content (AvgIpc) is 3.80. The number of pyridine rings is 1. The molecule has 45 heavy (non-hydrogen) atoms. The highest BCUT2D eigenvalue weighted by Gasteiger charge is 2.52. The van der Waals surface area contributed by atoms with E-state index in [-0.39, 0.29) is 40.6 Å². The zero-order valence-corrected chi connectivity index (χ0v) is 25.7. The summed E-state index contributed by atoms with van der Waals surface area (Å²) in [6.45, 7) is 0.149. The first-order valence-electron chi connectivity index (χ1n) is 15.3. The summed E-state index contributed by atoms with van der Waals surface area (Å²) >= 11 is 12.7. The second kappa shape index (κ2) is 10.5. The standard InChI is InChI=1S/C33H29Cl2F3N6O/c34-23-6-1-4-18(26(23)35)19-8-9-21-28(27(19)36)41-14-22-20(5-2-10-39)31(44(30(21)22)29-17-12-24(29)40-13-17)25-7-3-11-43(25)32(45)42-15-33(37,38)16-42/h1,4,6,8-9,14,17,24-25,29,40H,2-3,5,7,11-13,15-16H2/t17-,24-,25-,29+/m1/s1. The highest BCUT2D eigenvalue weighted by atomic mass is 35.5. The summed E-state index contributed by atoms with van der Waals surface area (Å²) in [6.07, 6.45) is 4.77. The van der Waals surface area contributed by atoms with Crippen LogP contribution >= 0.6 is 23.2 Å². The fourth-order valence-electron chi connectivity index (χ4n) is 8.08. The Kier molecular flexibility index (Phi) is 6.75. The zero-order valence-electron chi connectivity index (χ0n) is 24.2. The van der Waals surface area contributed by atoms with E-state index in [0.717, 1.165) is 41.5 Å². The minimum atomic E-state index is -2.86. The molecule has 1 saturated carbocycles. The second-order valence-corrected chi connectivity index (χ2v) is 13.5. The van der Waals surface area contributed by atoms with Crippen LogP contribution in [0.2, 0.25) is 10.0 Å². The number of benzene rings is 2. The molecule has 1 aliphatic carbocycles. The third-order valence-electron chi connectivity index (χ3n) is 10.1. The van der Waals surface area contributed by atoms with Crippen molar-refractivity contribution in [2.45, 2.75) is 56.2 Å². The van der Waals surface area contributed by atoms with Crippen LogP contribution in [0.1, 0.15) is 49.0 Å². The number of hydrogen-bond acceptors (Lipinski definition) is 4. The summed E-state index contributed by atoms with van der Waals surface area (Å²) in [4.78, 5) is 21.2. The number of hydrogen-bond donors (Lipinski definition) is 1. The van der Waals surface area contributed by atoms with Gasteiger partial charge in [0.2, 0.25) is 0 Å². The molecule has 4 saturated heterocycles. The quantitative estimate of drug-likeness (QED) is 0.242. The lowest BCUT2D eigenvalue weighted by atomic mass is 9.79. The fourth-order valence-corrected chi connectivity index (χ4v) is 8.49. The van der Waals surface area contributed by atoms with Gasteiger partial charge in [0, 0.05) is 59.3 Å². The van der Waals surface area contributed by atoms with E-state index in [0.29, 0.717) is 41.3 Å². The average molecular weight is 654 g/mol. The predicted molar refractivity (Wildman–Crippen MR) is 166 cm³/mol. The van der Waals surface area contributed by atoms with Gasteiger partial charge in [-0.25, -0.2) is 18.0 Å². The predicted octanol–water partition coefficient (Wildman–Crippen LogP) is 7.50. The number of carbonyl (C=O) groups excluding carboxylic acids is 1. The molecule has 4 aliphatic heterocycles. The SMILES string of the molecule is N#CCCc1c([C@H]2CCCN2C(=O)N2CC(F)(F)C2)n([C@H]2[C@H]3CN[C@@H]2C3)c2c1cnc1c(F)c(-c3cccc(Cl)c3Cl)ccc12. The number of aryl methyl sites for hydroxylation is 1. The number of rotatable bonds is 5. The molecule has 9 rings (SSSR count). The van der Waals surface area contributed by atoms with Crippen molar-refractivity contribution in [2.24, 2.45) is 5.92 Å². The Morgan fingerprint density at radius 1 is 1.16 bits per heavy atom. The van der Waals surface area contributed by atoms with Crippen molar-refractivity contribution in [3.8, 4) is 17.2 Å². The zero-order chi connectivity index (χ0) is 31.2. The fraction of sp³-hybridized carbons (Fsp3) is 0.424. The lowest BCUT2D eigenvalue weighted by Gasteiger charge is -2.43. The number of nitrogens with zero attached hydrogens (tertiary/aromatic N) is 5. The molecule has 0 spiro atoms. The Morgan fingerprint density at radius 2 is 1.98 bits per heavy atom. The number of halogens is 5. The molecule has 1 N–H and O–H groups in total. The Morgan fingerprint density at radius 3 is 2.69 bits per heavy atom. The molecule has 2 bridgehead atoms. The maximum absolute atomic E-state index is 16.4. The monoisotopic (exact) mass is 652 g/mol. The molecule has 12 heteroatoms. The van der Waals surface area contributed by atoms with E-state index in [4.69, 9.17) is 23.2 Å². The van der Waals surface area contributed by atoms with Crippen LogP contribution in [-0.2, 0) is 6.42 Å². The van der Waals surface area contributed by atoms with Gasteiger partial charge in [-0.2, -0.15) is 5.26 Å². The number of nitrogens with one attached hydrogen (secondary N) is 1. The molecule has 5 aliphatic rings. The van der Waals surface area contributed by atoms with Gasteiger partial charge in [0.1, 0.15) is 5.52 Å². The van der Waals surface area contributed by atoms with Crippen LogP contribution in [0.15, 0.2) is 36.5 Å². The van der Waals surface area contributed by atoms with E-state index in [1.165, 1.54) is 4.90 Å². The van der Waals surface area contributed by atoms with Crippen LogP contribution in [0.4, 0.5) is 18.0 Å². The van der Waals surface area contributed by atoms with Crippen LogP contribution in [0.3, 0.4) is 0 Å². The van der Waals surface area contributed by atoms with Crippen LogP contribution < -0.4 is 5.32 Å². The van der Waals surface area contributed by atoms with Crippen LogP contribution in [-0.4, -0.2) is 63.5 Å². The summed E-state index contributed by atoms with van der Waals surface area (Å²) in [5, 5.41) is 15.2. The summed E-state index contributed by atoms with van der Waals surface area (Å²) < 4.78 is 46.2. The molecule has 2 aromatic heterocycles. The molecular formula is C33H29Cl2F3N6O. The third-order valence-corrected chi connectivity index (χ3v) is 11.0. The topological polar surface area (TPSA) is 77.2 Å². The van der Waals surface area contributed by atoms with E-state index in [1.54, 1.807) is 35.4 Å². The van der Waals surface area contributed by atoms with Gasteiger partial charge < -0.3 is 19.7 Å². The lowest BCUT2D eigenvalue weighted by Crippen LogP contribution is -2.61. The highest BCUT2D eigenvalue weighted by Crippen LogP contribution is 2.51. The number of fused-ring (bicyclic) bond motifs is 4. The van der Waals surface area contributed by atoms with Gasteiger partial charge in [-0.05, 0) is 49.3 Å². The molecule has 0 unspecified atom stereocenters. The second-order valence-electron chi connectivity index (χ2n) is 12.7. The van der Waals surface area contributed by atoms with E-state index >= 15 is 4.39 Å². The molecule has 7 nitrogen and oxygen atoms in total. The normalized spacial score (nSPS) is 25.1. The van der Waals surface area contributed by atoms with Crippen molar-refractivity contribution in [1.29, 1.82) is 5.26 Å². The maximum Gasteiger partial charge on any atom is 0.320 e. The first-order valence-corrected chi connectivity index (χ1v) is 16.1. The molecule has 5 fully saturated rings. The van der Waals surface area contributed by atoms with E-state index in [2.05, 4.69) is 20.9 Å².